The van der Waals surface area contributed by atoms with Crippen molar-refractivity contribution in [3.05, 3.63) is 34.9 Å². The lowest BCUT2D eigenvalue weighted by molar-refractivity contribution is -0.116. The zero-order chi connectivity index (χ0) is 15.0. The number of aryl methyl sites for hydroxylation is 2. The Bertz CT molecular complexity index is 458. The Hall–Kier alpha value is -1.81. The van der Waals surface area contributed by atoms with E-state index in [1.54, 1.807) is 20.3 Å². The van der Waals surface area contributed by atoms with Crippen molar-refractivity contribution in [1.29, 1.82) is 0 Å². The highest BCUT2D eigenvalue weighted by Crippen LogP contribution is 2.22. The largest absolute Gasteiger partial charge is 0.497 e. The summed E-state index contributed by atoms with van der Waals surface area (Å²) in [6.07, 6.45) is 4.22. The number of carbonyl (C=O) groups is 1. The summed E-state index contributed by atoms with van der Waals surface area (Å²) in [4.78, 5) is 11.7. The molecule has 1 aromatic carbocycles. The third kappa shape index (κ3) is 5.05. The molecule has 0 heterocycles. The molecule has 1 rings (SSSR count). The Kier molecular flexibility index (Phi) is 6.81. The van der Waals surface area contributed by atoms with Gasteiger partial charge < -0.3 is 14.8 Å². The minimum atomic E-state index is -0.0873. The van der Waals surface area contributed by atoms with Gasteiger partial charge >= 0.3 is 0 Å². The van der Waals surface area contributed by atoms with Crippen LogP contribution in [-0.2, 0) is 9.53 Å². The zero-order valence-corrected chi connectivity index (χ0v) is 12.7. The van der Waals surface area contributed by atoms with Crippen LogP contribution in [0.1, 0.15) is 23.1 Å². The number of nitrogens with one attached hydrogen (secondary N) is 1. The van der Waals surface area contributed by atoms with Crippen molar-refractivity contribution >= 4 is 12.0 Å². The molecule has 0 bridgehead atoms. The summed E-state index contributed by atoms with van der Waals surface area (Å²) >= 11 is 0. The van der Waals surface area contributed by atoms with E-state index in [2.05, 4.69) is 5.32 Å². The second-order valence-electron chi connectivity index (χ2n) is 4.65. The van der Waals surface area contributed by atoms with E-state index in [0.29, 0.717) is 13.2 Å². The van der Waals surface area contributed by atoms with Gasteiger partial charge in [-0.3, -0.25) is 4.79 Å². The number of amides is 1. The second-order valence-corrected chi connectivity index (χ2v) is 4.65. The van der Waals surface area contributed by atoms with E-state index in [1.807, 2.05) is 32.1 Å². The lowest BCUT2D eigenvalue weighted by Crippen LogP contribution is -2.22. The molecule has 0 spiro atoms. The van der Waals surface area contributed by atoms with Crippen molar-refractivity contribution in [2.45, 2.75) is 20.3 Å². The van der Waals surface area contributed by atoms with Crippen LogP contribution in [0, 0.1) is 13.8 Å². The van der Waals surface area contributed by atoms with Crippen LogP contribution in [0.3, 0.4) is 0 Å². The van der Waals surface area contributed by atoms with E-state index in [1.165, 1.54) is 0 Å². The number of ether oxygens (including phenoxy) is 2. The zero-order valence-electron chi connectivity index (χ0n) is 12.7. The molecule has 1 amide bonds. The van der Waals surface area contributed by atoms with Crippen LogP contribution in [0.4, 0.5) is 0 Å². The van der Waals surface area contributed by atoms with Crippen LogP contribution in [-0.4, -0.2) is 33.3 Å². The number of carbonyl (C=O) groups excluding carboxylic acids is 1. The Labute approximate surface area is 120 Å². The Balaban J connectivity index is 2.63. The molecule has 0 aliphatic rings. The average Bonchev–Trinajstić information content (AvgIpc) is 2.42. The average molecular weight is 277 g/mol. The third-order valence-electron chi connectivity index (χ3n) is 3.03. The monoisotopic (exact) mass is 277 g/mol. The molecule has 4 heteroatoms. The van der Waals surface area contributed by atoms with Crippen LogP contribution < -0.4 is 10.1 Å². The minimum absolute atomic E-state index is 0.0873. The van der Waals surface area contributed by atoms with E-state index in [-0.39, 0.29) is 5.91 Å². The summed E-state index contributed by atoms with van der Waals surface area (Å²) in [5.74, 6) is 0.747. The predicted molar refractivity (Wildman–Crippen MR) is 81.0 cm³/mol. The molecule has 1 N–H and O–H groups in total. The van der Waals surface area contributed by atoms with Gasteiger partial charge in [0, 0.05) is 26.3 Å². The van der Waals surface area contributed by atoms with Gasteiger partial charge in [-0.25, -0.2) is 0 Å². The molecule has 0 unspecified atom stereocenters. The molecule has 110 valence electrons. The van der Waals surface area contributed by atoms with Gasteiger partial charge in [0.05, 0.1) is 7.11 Å². The molecule has 0 aromatic heterocycles. The first kappa shape index (κ1) is 16.2. The summed E-state index contributed by atoms with van der Waals surface area (Å²) in [6, 6.07) is 3.92. The highest BCUT2D eigenvalue weighted by atomic mass is 16.5. The maximum atomic E-state index is 11.7. The molecular formula is C16H23NO3. The number of benzene rings is 1. The highest BCUT2D eigenvalue weighted by molar-refractivity contribution is 5.92. The molecule has 20 heavy (non-hydrogen) atoms. The molecular weight excluding hydrogens is 254 g/mol. The fourth-order valence-electron chi connectivity index (χ4n) is 1.96. The topological polar surface area (TPSA) is 47.6 Å². The van der Waals surface area contributed by atoms with E-state index in [4.69, 9.17) is 9.47 Å². The summed E-state index contributed by atoms with van der Waals surface area (Å²) < 4.78 is 10.1. The summed E-state index contributed by atoms with van der Waals surface area (Å²) in [5.41, 5.74) is 3.23. The summed E-state index contributed by atoms with van der Waals surface area (Å²) in [7, 11) is 3.30. The van der Waals surface area contributed by atoms with Crippen molar-refractivity contribution in [1.82, 2.24) is 5.32 Å². The van der Waals surface area contributed by atoms with Gasteiger partial charge in [-0.2, -0.15) is 0 Å². The van der Waals surface area contributed by atoms with Gasteiger partial charge in [-0.1, -0.05) is 0 Å². The van der Waals surface area contributed by atoms with Gasteiger partial charge in [-0.05, 0) is 55.2 Å². The minimum Gasteiger partial charge on any atom is -0.497 e. The van der Waals surface area contributed by atoms with Crippen LogP contribution in [0.15, 0.2) is 18.2 Å². The normalized spacial score (nSPS) is 10.8. The molecule has 0 saturated heterocycles. The second kappa shape index (κ2) is 8.38. The molecule has 0 aliphatic carbocycles. The van der Waals surface area contributed by atoms with E-state index >= 15 is 0 Å². The number of hydrogen-bond acceptors (Lipinski definition) is 3. The molecule has 0 saturated carbocycles. The van der Waals surface area contributed by atoms with Gasteiger partial charge in [0.1, 0.15) is 5.75 Å². The third-order valence-corrected chi connectivity index (χ3v) is 3.03. The first-order valence-electron chi connectivity index (χ1n) is 6.68. The van der Waals surface area contributed by atoms with Gasteiger partial charge in [0.2, 0.25) is 5.91 Å². The first-order valence-corrected chi connectivity index (χ1v) is 6.68. The van der Waals surface area contributed by atoms with Crippen LogP contribution in [0.25, 0.3) is 6.08 Å². The Morgan fingerprint density at radius 1 is 1.25 bits per heavy atom. The van der Waals surface area contributed by atoms with Crippen LogP contribution in [0.2, 0.25) is 0 Å². The van der Waals surface area contributed by atoms with Gasteiger partial charge in [-0.15, -0.1) is 0 Å². The van der Waals surface area contributed by atoms with Crippen molar-refractivity contribution in [2.75, 3.05) is 27.4 Å². The van der Waals surface area contributed by atoms with Crippen molar-refractivity contribution in [3.63, 3.8) is 0 Å². The van der Waals surface area contributed by atoms with Crippen molar-refractivity contribution in [2.24, 2.45) is 0 Å². The maximum absolute atomic E-state index is 11.7. The summed E-state index contributed by atoms with van der Waals surface area (Å²) in [5, 5.41) is 2.82. The van der Waals surface area contributed by atoms with Crippen molar-refractivity contribution in [3.8, 4) is 5.75 Å². The van der Waals surface area contributed by atoms with Crippen molar-refractivity contribution < 1.29 is 14.3 Å². The van der Waals surface area contributed by atoms with Gasteiger partial charge in [0.15, 0.2) is 0 Å². The van der Waals surface area contributed by atoms with E-state index < -0.39 is 0 Å². The molecule has 0 radical (unpaired) electrons. The highest BCUT2D eigenvalue weighted by Gasteiger charge is 2.03. The van der Waals surface area contributed by atoms with E-state index in [9.17, 15) is 4.79 Å². The Morgan fingerprint density at radius 2 is 1.90 bits per heavy atom. The molecule has 0 atom stereocenters. The maximum Gasteiger partial charge on any atom is 0.244 e. The van der Waals surface area contributed by atoms with Gasteiger partial charge in [0.25, 0.3) is 0 Å². The molecule has 0 aliphatic heterocycles. The van der Waals surface area contributed by atoms with E-state index in [0.717, 1.165) is 28.9 Å². The predicted octanol–water partition coefficient (Wildman–Crippen LogP) is 2.48. The lowest BCUT2D eigenvalue weighted by atomic mass is 10.0. The smallest absolute Gasteiger partial charge is 0.244 e. The SMILES string of the molecule is COCCCNC(=O)/C=C/c1c(C)cc(OC)cc1C. The number of rotatable bonds is 7. The first-order chi connectivity index (χ1) is 9.58. The lowest BCUT2D eigenvalue weighted by Gasteiger charge is -2.08. The van der Waals surface area contributed by atoms with Crippen LogP contribution >= 0.6 is 0 Å². The Morgan fingerprint density at radius 3 is 2.45 bits per heavy atom. The molecule has 1 aromatic rings. The fraction of sp³-hybridized carbons (Fsp3) is 0.438. The number of methoxy groups -OCH3 is 2. The molecule has 0 fully saturated rings. The number of hydrogen-bond donors (Lipinski definition) is 1. The quantitative estimate of drug-likeness (QED) is 0.615. The fourth-order valence-corrected chi connectivity index (χ4v) is 1.96. The summed E-state index contributed by atoms with van der Waals surface area (Å²) in [6.45, 7) is 5.29. The van der Waals surface area contributed by atoms with Crippen LogP contribution in [0.5, 0.6) is 5.75 Å². The molecule has 4 nitrogen and oxygen atoms in total. The standard InChI is InChI=1S/C16H23NO3/c1-12-10-14(20-4)11-13(2)15(12)6-7-16(18)17-8-5-9-19-3/h6-7,10-11H,5,8-9H2,1-4H3,(H,17,18)/b7-6+.